The molecule has 5 nitrogen and oxygen atoms in total. The lowest BCUT2D eigenvalue weighted by molar-refractivity contribution is 0.671. The lowest BCUT2D eigenvalue weighted by Crippen LogP contribution is -2.09. The zero-order valence-electron chi connectivity index (χ0n) is 36.5. The lowest BCUT2D eigenvalue weighted by atomic mass is 9.87. The Kier molecular flexibility index (Phi) is 7.89. The van der Waals surface area contributed by atoms with Gasteiger partial charge in [0.15, 0.2) is 5.58 Å². The van der Waals surface area contributed by atoms with E-state index in [1.165, 1.54) is 20.2 Å². The van der Waals surface area contributed by atoms with Crippen LogP contribution in [0.15, 0.2) is 199 Å². The van der Waals surface area contributed by atoms with Crippen molar-refractivity contribution >= 4 is 134 Å². The number of nitrogens with zero attached hydrogens (tertiary/aromatic N) is 4. The third-order valence-corrected chi connectivity index (χ3v) is 16.6. The van der Waals surface area contributed by atoms with E-state index >= 15 is 0 Å². The van der Waals surface area contributed by atoms with Gasteiger partial charge in [0.25, 0.3) is 0 Å². The van der Waals surface area contributed by atoms with Crippen LogP contribution in [-0.4, -0.2) is 9.13 Å². The first-order chi connectivity index (χ1) is 34.2. The van der Waals surface area contributed by atoms with E-state index in [2.05, 4.69) is 160 Å². The molecule has 0 aliphatic heterocycles. The van der Waals surface area contributed by atoms with Gasteiger partial charge in [0.05, 0.1) is 55.0 Å². The zero-order valence-corrected chi connectivity index (χ0v) is 38.1. The van der Waals surface area contributed by atoms with Gasteiger partial charge in [-0.05, 0) is 47.0 Å². The predicted octanol–water partition coefficient (Wildman–Crippen LogP) is 18.3. The van der Waals surface area contributed by atoms with E-state index in [1.807, 2.05) is 54.6 Å². The van der Waals surface area contributed by atoms with Gasteiger partial charge >= 0.3 is 0 Å². The van der Waals surface area contributed by atoms with Crippen molar-refractivity contribution in [1.82, 2.24) is 9.13 Å². The molecule has 0 amide bonds. The maximum Gasteiger partial charge on any atom is 0.220 e. The highest BCUT2D eigenvalue weighted by Crippen LogP contribution is 2.55. The summed E-state index contributed by atoms with van der Waals surface area (Å²) in [6.45, 7) is 9.49. The molecule has 0 atom stereocenters. The summed E-state index contributed by atoms with van der Waals surface area (Å²) in [5.41, 5.74) is 10.6. The van der Waals surface area contributed by atoms with E-state index in [0.717, 1.165) is 108 Å². The third-order valence-electron chi connectivity index (χ3n) is 14.2. The predicted molar refractivity (Wildman–Crippen MR) is 290 cm³/mol. The molecular formula is C62H32N4OS2. The molecule has 0 saturated carbocycles. The first-order valence-electron chi connectivity index (χ1n) is 22.9. The Morgan fingerprint density at radius 3 is 1.54 bits per heavy atom. The van der Waals surface area contributed by atoms with E-state index in [9.17, 15) is 11.8 Å². The molecule has 0 radical (unpaired) electrons. The normalized spacial score (nSPS) is 12.0. The molecule has 0 unspecified atom stereocenters. The van der Waals surface area contributed by atoms with Crippen LogP contribution in [0.1, 0.15) is 5.56 Å². The summed E-state index contributed by atoms with van der Waals surface area (Å²) in [4.78, 5) is 4.64. The summed E-state index contributed by atoms with van der Waals surface area (Å²) >= 11 is 3.53. The Balaban J connectivity index is 1.26. The lowest BCUT2D eigenvalue weighted by Gasteiger charge is -2.25. The van der Waals surface area contributed by atoms with Gasteiger partial charge in [-0.3, -0.25) is 0 Å². The van der Waals surface area contributed by atoms with Crippen molar-refractivity contribution in [3.63, 3.8) is 0 Å². The number of fused-ring (bicyclic) bond motifs is 18. The molecular weight excluding hydrogens is 881 g/mol. The van der Waals surface area contributed by atoms with Crippen molar-refractivity contribution in [2.75, 3.05) is 0 Å². The largest absolute Gasteiger partial charge is 0.454 e. The van der Waals surface area contributed by atoms with Crippen molar-refractivity contribution in [3.8, 4) is 39.7 Å². The van der Waals surface area contributed by atoms with Crippen LogP contribution < -0.4 is 0 Å². The summed E-state index contributed by atoms with van der Waals surface area (Å²) in [6, 6.07) is 70.7. The van der Waals surface area contributed by atoms with Crippen LogP contribution in [-0.2, 0) is 0 Å². The summed E-state index contributed by atoms with van der Waals surface area (Å²) in [7, 11) is 0. The van der Waals surface area contributed by atoms with Gasteiger partial charge in [0.2, 0.25) is 5.69 Å². The zero-order chi connectivity index (χ0) is 45.5. The van der Waals surface area contributed by atoms with Gasteiger partial charge in [-0.15, -0.1) is 22.7 Å². The Morgan fingerprint density at radius 1 is 0.435 bits per heavy atom. The van der Waals surface area contributed by atoms with Gasteiger partial charge < -0.3 is 13.6 Å². The third kappa shape index (κ3) is 5.10. The van der Waals surface area contributed by atoms with Crippen LogP contribution in [0, 0.1) is 17.9 Å². The average molecular weight is 913 g/mol. The number of benzene rings is 10. The van der Waals surface area contributed by atoms with E-state index in [1.54, 1.807) is 22.7 Å². The molecule has 0 fully saturated rings. The number of hydrogen-bond donors (Lipinski definition) is 0. The molecule has 7 heteroatoms. The second-order valence-electron chi connectivity index (χ2n) is 17.6. The van der Waals surface area contributed by atoms with Crippen molar-refractivity contribution < 1.29 is 4.42 Å². The second kappa shape index (κ2) is 14.3. The van der Waals surface area contributed by atoms with Gasteiger partial charge in [-0.1, -0.05) is 164 Å². The van der Waals surface area contributed by atoms with Crippen molar-refractivity contribution in [1.29, 1.82) is 5.26 Å². The number of para-hydroxylation sites is 2. The van der Waals surface area contributed by atoms with Gasteiger partial charge in [-0.25, -0.2) is 4.85 Å². The number of hydrogen-bond acceptors (Lipinski definition) is 4. The topological polar surface area (TPSA) is 51.1 Å². The molecule has 15 aromatic rings. The molecule has 69 heavy (non-hydrogen) atoms. The Bertz CT molecular complexity index is 4670. The van der Waals surface area contributed by atoms with Crippen LogP contribution in [0.5, 0.6) is 0 Å². The summed E-state index contributed by atoms with van der Waals surface area (Å²) in [5, 5.41) is 23.3. The fraction of sp³-hybridized carbons (Fsp3) is 0. The first kappa shape index (κ1) is 38.2. The fourth-order valence-corrected chi connectivity index (χ4v) is 13.8. The van der Waals surface area contributed by atoms with Crippen LogP contribution >= 0.6 is 22.7 Å². The van der Waals surface area contributed by atoms with E-state index < -0.39 is 0 Å². The standard InChI is InChI=1S/C62H32N4OS2/c1-64-54-52(35-16-4-2-5-17-35)53(36-18-6-3-7-19-36)55(65-48-24-12-8-20-37(48)41-28-31-44-38-21-9-13-25-49(38)67-60(44)57(41)65)47(34-63)56(54)66-58-42(29-32-45-39-22-10-14-26-50(39)68-61(45)58)43-30-33-46-40-23-11-15-27-51(40)69-62(46)59(43)66/h2-33H. The second-order valence-corrected chi connectivity index (χ2v) is 19.7. The number of thiophene rings is 2. The Labute approximate surface area is 401 Å². The van der Waals surface area contributed by atoms with Crippen LogP contribution in [0.3, 0.4) is 0 Å². The van der Waals surface area contributed by atoms with E-state index in [0.29, 0.717) is 22.6 Å². The number of furan rings is 1. The Hall–Kier alpha value is -8.98. The van der Waals surface area contributed by atoms with Crippen LogP contribution in [0.4, 0.5) is 5.69 Å². The molecule has 0 spiro atoms. The van der Waals surface area contributed by atoms with Gasteiger partial charge in [0, 0.05) is 68.8 Å². The minimum Gasteiger partial charge on any atom is -0.454 e. The van der Waals surface area contributed by atoms with E-state index in [4.69, 9.17) is 4.42 Å². The maximum absolute atomic E-state index is 12.4. The quantitative estimate of drug-likeness (QED) is 0.165. The summed E-state index contributed by atoms with van der Waals surface area (Å²) in [6.07, 6.45) is 0. The molecule has 0 bridgehead atoms. The Morgan fingerprint density at radius 2 is 0.928 bits per heavy atom. The highest BCUT2D eigenvalue weighted by Gasteiger charge is 2.33. The molecule has 15 rings (SSSR count). The SMILES string of the molecule is [C-]#[N+]c1c(-c2ccccc2)c(-c2ccccc2)c(-n2c3ccccc3c3ccc4c5ccccc5oc4c32)c(C#N)c1-n1c2c(ccc3c4ccccc4sc32)c2ccc3c4ccccc4sc3c21. The first-order valence-corrected chi connectivity index (χ1v) is 24.5. The number of rotatable bonds is 4. The molecule has 0 saturated heterocycles. The minimum absolute atomic E-state index is 0.394. The van der Waals surface area contributed by atoms with Gasteiger partial charge in [0.1, 0.15) is 11.7 Å². The maximum atomic E-state index is 12.4. The monoisotopic (exact) mass is 912 g/mol. The molecule has 0 N–H and O–H groups in total. The molecule has 318 valence electrons. The molecule has 0 aliphatic rings. The van der Waals surface area contributed by atoms with Crippen molar-refractivity contribution in [3.05, 3.63) is 211 Å². The highest BCUT2D eigenvalue weighted by molar-refractivity contribution is 7.27. The van der Waals surface area contributed by atoms with Gasteiger partial charge in [-0.2, -0.15) is 5.26 Å². The van der Waals surface area contributed by atoms with Crippen LogP contribution in [0.2, 0.25) is 0 Å². The summed E-state index contributed by atoms with van der Waals surface area (Å²) < 4.78 is 16.1. The number of aromatic nitrogens is 2. The van der Waals surface area contributed by atoms with E-state index in [-0.39, 0.29) is 0 Å². The molecule has 0 aliphatic carbocycles. The van der Waals surface area contributed by atoms with Crippen molar-refractivity contribution in [2.45, 2.75) is 0 Å². The van der Waals surface area contributed by atoms with Crippen LogP contribution in [0.25, 0.3) is 144 Å². The molecule has 5 aromatic heterocycles. The average Bonchev–Trinajstić information content (AvgIpc) is 4.23. The smallest absolute Gasteiger partial charge is 0.220 e. The summed E-state index contributed by atoms with van der Waals surface area (Å²) in [5.74, 6) is 0. The fourth-order valence-electron chi connectivity index (χ4n) is 11.4. The molecule has 5 heterocycles. The number of nitriles is 1. The van der Waals surface area contributed by atoms with Crippen molar-refractivity contribution in [2.24, 2.45) is 0 Å². The highest BCUT2D eigenvalue weighted by atomic mass is 32.1. The minimum atomic E-state index is 0.394. The molecule has 10 aromatic carbocycles.